The van der Waals surface area contributed by atoms with Crippen LogP contribution < -0.4 is 19.5 Å². The summed E-state index contributed by atoms with van der Waals surface area (Å²) < 4.78 is 23.0. The summed E-state index contributed by atoms with van der Waals surface area (Å²) >= 11 is 0. The first-order valence-corrected chi connectivity index (χ1v) is 15.2. The normalized spacial score (nSPS) is 21.4. The number of anilines is 1. The van der Waals surface area contributed by atoms with Crippen molar-refractivity contribution < 1.29 is 33.6 Å². The highest BCUT2D eigenvalue weighted by Gasteiger charge is 2.31. The summed E-state index contributed by atoms with van der Waals surface area (Å²) in [5.41, 5.74) is 2.44. The molecular formula is C32H44N4O7. The van der Waals surface area contributed by atoms with Gasteiger partial charge in [0.05, 0.1) is 32.3 Å². The molecule has 11 heteroatoms. The molecule has 0 unspecified atom stereocenters. The zero-order valence-corrected chi connectivity index (χ0v) is 25.4. The molecule has 1 saturated heterocycles. The minimum absolute atomic E-state index is 0.0114. The summed E-state index contributed by atoms with van der Waals surface area (Å²) in [4.78, 5) is 32.4. The molecule has 5 rings (SSSR count). The summed E-state index contributed by atoms with van der Waals surface area (Å²) in [5.74, 6) is 1.97. The smallest absolute Gasteiger partial charge is 0.231 e. The van der Waals surface area contributed by atoms with Gasteiger partial charge in [0.1, 0.15) is 11.9 Å². The van der Waals surface area contributed by atoms with Crippen molar-refractivity contribution in [1.29, 1.82) is 0 Å². The fourth-order valence-electron chi connectivity index (χ4n) is 5.76. The lowest BCUT2D eigenvalue weighted by molar-refractivity contribution is -0.134. The second-order valence-corrected chi connectivity index (χ2v) is 11.8. The lowest BCUT2D eigenvalue weighted by Gasteiger charge is -2.34. The van der Waals surface area contributed by atoms with Crippen molar-refractivity contribution in [3.05, 3.63) is 47.5 Å². The molecule has 2 aromatic rings. The standard InChI is InChI=1S/C32H44N4O7/c1-22-17-36(23(2)20-37)32(39)16-25-15-26(33-31(38)8-9-35-10-12-40-13-11-35)5-7-27(25)43-30(22)19-34(3)18-24-4-6-28-29(14-24)42-21-41-28/h4-7,14-15,22-23,30,37H,8-13,16-21H2,1-3H3,(H,33,38)/t22-,23-,30+/m0/s1. The quantitative estimate of drug-likeness (QED) is 0.427. The van der Waals surface area contributed by atoms with Crippen LogP contribution >= 0.6 is 0 Å². The van der Waals surface area contributed by atoms with Gasteiger partial charge in [-0.3, -0.25) is 19.4 Å². The predicted octanol–water partition coefficient (Wildman–Crippen LogP) is 2.36. The van der Waals surface area contributed by atoms with E-state index in [1.165, 1.54) is 0 Å². The van der Waals surface area contributed by atoms with Gasteiger partial charge in [-0.15, -0.1) is 0 Å². The van der Waals surface area contributed by atoms with Crippen molar-refractivity contribution in [3.8, 4) is 17.2 Å². The molecule has 0 aromatic heterocycles. The van der Waals surface area contributed by atoms with Crippen LogP contribution in [0.1, 0.15) is 31.4 Å². The molecule has 3 aliphatic rings. The molecule has 43 heavy (non-hydrogen) atoms. The Morgan fingerprint density at radius 2 is 1.88 bits per heavy atom. The summed E-state index contributed by atoms with van der Waals surface area (Å²) in [6.45, 7) is 9.54. The number of carbonyl (C=O) groups is 2. The number of hydrogen-bond acceptors (Lipinski definition) is 9. The third kappa shape index (κ3) is 8.17. The number of amides is 2. The first-order valence-electron chi connectivity index (χ1n) is 15.2. The number of rotatable bonds is 10. The van der Waals surface area contributed by atoms with Gasteiger partial charge < -0.3 is 34.3 Å². The van der Waals surface area contributed by atoms with Crippen molar-refractivity contribution in [2.45, 2.75) is 45.4 Å². The Balaban J connectivity index is 1.30. The highest BCUT2D eigenvalue weighted by Crippen LogP contribution is 2.33. The van der Waals surface area contributed by atoms with Crippen LogP contribution in [0.15, 0.2) is 36.4 Å². The third-order valence-corrected chi connectivity index (χ3v) is 8.34. The summed E-state index contributed by atoms with van der Waals surface area (Å²) in [7, 11) is 2.04. The average Bonchev–Trinajstić information content (AvgIpc) is 3.48. The van der Waals surface area contributed by atoms with E-state index in [1.807, 2.05) is 50.4 Å². The number of aliphatic hydroxyl groups is 1. The summed E-state index contributed by atoms with van der Waals surface area (Å²) in [5, 5.41) is 12.9. The van der Waals surface area contributed by atoms with Gasteiger partial charge >= 0.3 is 0 Å². The Morgan fingerprint density at radius 1 is 1.12 bits per heavy atom. The van der Waals surface area contributed by atoms with Gasteiger partial charge in [0.2, 0.25) is 18.6 Å². The summed E-state index contributed by atoms with van der Waals surface area (Å²) in [6.07, 6.45) is 0.263. The van der Waals surface area contributed by atoms with E-state index in [4.69, 9.17) is 18.9 Å². The number of ether oxygens (including phenoxy) is 4. The van der Waals surface area contributed by atoms with Crippen LogP contribution in [0, 0.1) is 5.92 Å². The second-order valence-electron chi connectivity index (χ2n) is 11.8. The van der Waals surface area contributed by atoms with Crippen LogP contribution in [-0.2, 0) is 27.3 Å². The molecule has 3 heterocycles. The van der Waals surface area contributed by atoms with E-state index >= 15 is 0 Å². The first kappa shape index (κ1) is 31.1. The molecule has 3 atom stereocenters. The van der Waals surface area contributed by atoms with Crippen molar-refractivity contribution in [1.82, 2.24) is 14.7 Å². The SMILES string of the molecule is C[C@H]1CN([C@@H](C)CO)C(=O)Cc2cc(NC(=O)CCN3CCOCC3)ccc2O[C@@H]1CN(C)Cc1ccc2c(c1)OCO2. The monoisotopic (exact) mass is 596 g/mol. The zero-order valence-electron chi connectivity index (χ0n) is 25.4. The number of likely N-dealkylation sites (N-methyl/N-ethyl adjacent to an activating group) is 1. The highest BCUT2D eigenvalue weighted by molar-refractivity contribution is 5.91. The Hall–Kier alpha value is -3.38. The Morgan fingerprint density at radius 3 is 2.67 bits per heavy atom. The number of hydrogen-bond donors (Lipinski definition) is 2. The van der Waals surface area contributed by atoms with Gasteiger partial charge in [-0.05, 0) is 49.9 Å². The molecule has 0 bridgehead atoms. The van der Waals surface area contributed by atoms with Gasteiger partial charge in [0.15, 0.2) is 11.5 Å². The number of nitrogens with zero attached hydrogens (tertiary/aromatic N) is 3. The van der Waals surface area contributed by atoms with E-state index in [1.54, 1.807) is 4.90 Å². The van der Waals surface area contributed by atoms with Crippen LogP contribution in [0.25, 0.3) is 0 Å². The Kier molecular flexibility index (Phi) is 10.4. The lowest BCUT2D eigenvalue weighted by atomic mass is 10.0. The topological polar surface area (TPSA) is 113 Å². The Labute approximate surface area is 253 Å². The molecule has 11 nitrogen and oxygen atoms in total. The van der Waals surface area contributed by atoms with E-state index in [-0.39, 0.29) is 49.7 Å². The predicted molar refractivity (Wildman–Crippen MR) is 161 cm³/mol. The molecule has 0 aliphatic carbocycles. The average molecular weight is 597 g/mol. The second kappa shape index (κ2) is 14.4. The minimum Gasteiger partial charge on any atom is -0.488 e. The largest absolute Gasteiger partial charge is 0.488 e. The third-order valence-electron chi connectivity index (χ3n) is 8.34. The van der Waals surface area contributed by atoms with Crippen LogP contribution in [0.5, 0.6) is 17.2 Å². The highest BCUT2D eigenvalue weighted by atomic mass is 16.7. The number of fused-ring (bicyclic) bond motifs is 2. The van der Waals surface area contributed by atoms with E-state index < -0.39 is 0 Å². The Bertz CT molecular complexity index is 1270. The molecular weight excluding hydrogens is 552 g/mol. The molecule has 2 amide bonds. The number of aliphatic hydroxyl groups excluding tert-OH is 1. The van der Waals surface area contributed by atoms with Gasteiger partial charge in [0.25, 0.3) is 0 Å². The number of nitrogens with one attached hydrogen (secondary N) is 1. The maximum absolute atomic E-state index is 13.5. The molecule has 0 spiro atoms. The maximum Gasteiger partial charge on any atom is 0.231 e. The van der Waals surface area contributed by atoms with E-state index in [0.29, 0.717) is 62.8 Å². The van der Waals surface area contributed by atoms with Crippen molar-refractivity contribution in [2.24, 2.45) is 5.92 Å². The van der Waals surface area contributed by atoms with E-state index in [9.17, 15) is 14.7 Å². The van der Waals surface area contributed by atoms with Gasteiger partial charge in [0, 0.05) is 62.9 Å². The van der Waals surface area contributed by atoms with E-state index in [0.717, 1.165) is 30.2 Å². The van der Waals surface area contributed by atoms with Crippen molar-refractivity contribution in [3.63, 3.8) is 0 Å². The fourth-order valence-corrected chi connectivity index (χ4v) is 5.76. The maximum atomic E-state index is 13.5. The molecule has 2 aromatic carbocycles. The van der Waals surface area contributed by atoms with Crippen LogP contribution in [0.2, 0.25) is 0 Å². The fraction of sp³-hybridized carbons (Fsp3) is 0.562. The minimum atomic E-state index is -0.327. The molecule has 0 saturated carbocycles. The van der Waals surface area contributed by atoms with Gasteiger partial charge in [-0.1, -0.05) is 13.0 Å². The van der Waals surface area contributed by atoms with Crippen LogP contribution in [0.3, 0.4) is 0 Å². The van der Waals surface area contributed by atoms with E-state index in [2.05, 4.69) is 22.0 Å². The zero-order chi connectivity index (χ0) is 30.3. The van der Waals surface area contributed by atoms with Crippen LogP contribution in [0.4, 0.5) is 5.69 Å². The lowest BCUT2D eigenvalue weighted by Crippen LogP contribution is -2.47. The molecule has 1 fully saturated rings. The van der Waals surface area contributed by atoms with Crippen molar-refractivity contribution >= 4 is 17.5 Å². The molecule has 0 radical (unpaired) electrons. The van der Waals surface area contributed by atoms with Crippen molar-refractivity contribution in [2.75, 3.05) is 71.7 Å². The molecule has 234 valence electrons. The van der Waals surface area contributed by atoms with Crippen LogP contribution in [-0.4, -0.2) is 110 Å². The van der Waals surface area contributed by atoms with Gasteiger partial charge in [-0.25, -0.2) is 0 Å². The summed E-state index contributed by atoms with van der Waals surface area (Å²) in [6, 6.07) is 11.2. The van der Waals surface area contributed by atoms with Gasteiger partial charge in [-0.2, -0.15) is 0 Å². The first-order chi connectivity index (χ1) is 20.8. The molecule has 3 aliphatic heterocycles. The number of carbonyl (C=O) groups excluding carboxylic acids is 2. The molecule has 2 N–H and O–H groups in total. The number of benzene rings is 2. The number of morpholine rings is 1.